The van der Waals surface area contributed by atoms with Crippen molar-refractivity contribution < 1.29 is 14.3 Å². The van der Waals surface area contributed by atoms with Gasteiger partial charge >= 0.3 is 0 Å². The number of ether oxygens (including phenoxy) is 2. The van der Waals surface area contributed by atoms with Crippen molar-refractivity contribution in [3.63, 3.8) is 0 Å². The van der Waals surface area contributed by atoms with E-state index in [0.717, 1.165) is 25.7 Å². The molecule has 3 heteroatoms. The van der Waals surface area contributed by atoms with E-state index < -0.39 is 5.79 Å². The predicted octanol–water partition coefficient (Wildman–Crippen LogP) is 2.53. The second-order valence-electron chi connectivity index (χ2n) is 5.97. The molecule has 16 heavy (non-hydrogen) atoms. The Labute approximate surface area is 97.5 Å². The largest absolute Gasteiger partial charge is 0.348 e. The average Bonchev–Trinajstić information content (AvgIpc) is 2.68. The highest BCUT2D eigenvalue weighted by atomic mass is 16.7. The third kappa shape index (κ3) is 2.46. The van der Waals surface area contributed by atoms with Gasteiger partial charge in [-0.2, -0.15) is 0 Å². The molecule has 0 bridgehead atoms. The van der Waals surface area contributed by atoms with E-state index >= 15 is 0 Å². The van der Waals surface area contributed by atoms with Gasteiger partial charge in [0.05, 0.1) is 13.2 Å². The summed E-state index contributed by atoms with van der Waals surface area (Å²) in [5, 5.41) is 0. The normalized spacial score (nSPS) is 32.2. The number of hydrogen-bond acceptors (Lipinski definition) is 3. The molecule has 1 saturated heterocycles. The first-order valence-corrected chi connectivity index (χ1v) is 6.21. The lowest BCUT2D eigenvalue weighted by Crippen LogP contribution is -2.28. The van der Waals surface area contributed by atoms with Gasteiger partial charge in [-0.25, -0.2) is 0 Å². The lowest BCUT2D eigenvalue weighted by atomic mass is 9.79. The summed E-state index contributed by atoms with van der Waals surface area (Å²) in [4.78, 5) is 11.5. The van der Waals surface area contributed by atoms with Gasteiger partial charge in [-0.1, -0.05) is 13.8 Å². The Bertz CT molecular complexity index is 277. The number of hydrogen-bond donors (Lipinski definition) is 0. The van der Waals surface area contributed by atoms with Crippen molar-refractivity contribution in [1.29, 1.82) is 0 Å². The van der Waals surface area contributed by atoms with Crippen molar-refractivity contribution in [3.05, 3.63) is 0 Å². The van der Waals surface area contributed by atoms with Gasteiger partial charge in [-0.3, -0.25) is 4.79 Å². The molecule has 1 unspecified atom stereocenters. The van der Waals surface area contributed by atoms with Crippen LogP contribution in [0.1, 0.15) is 46.5 Å². The Morgan fingerprint density at radius 3 is 2.38 bits per heavy atom. The third-order valence-electron chi connectivity index (χ3n) is 4.08. The van der Waals surface area contributed by atoms with E-state index in [2.05, 4.69) is 13.8 Å². The minimum atomic E-state index is -0.401. The van der Waals surface area contributed by atoms with Gasteiger partial charge in [0.2, 0.25) is 0 Å². The van der Waals surface area contributed by atoms with Crippen LogP contribution in [0.4, 0.5) is 0 Å². The number of carbonyl (C=O) groups is 1. The first-order valence-electron chi connectivity index (χ1n) is 6.21. The molecule has 0 radical (unpaired) electrons. The summed E-state index contributed by atoms with van der Waals surface area (Å²) in [6.07, 6.45) is 3.39. The summed E-state index contributed by atoms with van der Waals surface area (Å²) in [5.74, 6) is 0.500. The molecular weight excluding hydrogens is 204 g/mol. The van der Waals surface area contributed by atoms with Gasteiger partial charge in [-0.05, 0) is 24.7 Å². The van der Waals surface area contributed by atoms with Crippen molar-refractivity contribution >= 4 is 5.78 Å². The summed E-state index contributed by atoms with van der Waals surface area (Å²) in [6, 6.07) is 0. The zero-order chi connectivity index (χ0) is 11.8. The lowest BCUT2D eigenvalue weighted by molar-refractivity contribution is -0.150. The van der Waals surface area contributed by atoms with Crippen molar-refractivity contribution in [2.75, 3.05) is 13.2 Å². The molecule has 1 atom stereocenters. The number of ketones is 1. The van der Waals surface area contributed by atoms with Crippen molar-refractivity contribution in [3.8, 4) is 0 Å². The van der Waals surface area contributed by atoms with Crippen LogP contribution in [0.3, 0.4) is 0 Å². The zero-order valence-electron chi connectivity index (χ0n) is 10.5. The zero-order valence-corrected chi connectivity index (χ0v) is 10.5. The molecule has 2 aliphatic rings. The third-order valence-corrected chi connectivity index (χ3v) is 4.08. The molecule has 1 saturated carbocycles. The smallest absolute Gasteiger partial charge is 0.165 e. The second kappa shape index (κ2) is 4.11. The van der Waals surface area contributed by atoms with E-state index in [-0.39, 0.29) is 5.41 Å². The van der Waals surface area contributed by atoms with Crippen LogP contribution in [0.15, 0.2) is 0 Å². The maximum atomic E-state index is 11.5. The average molecular weight is 226 g/mol. The van der Waals surface area contributed by atoms with Gasteiger partial charge in [-0.15, -0.1) is 0 Å². The molecule has 1 aliphatic carbocycles. The van der Waals surface area contributed by atoms with Crippen molar-refractivity contribution in [1.82, 2.24) is 0 Å². The first kappa shape index (κ1) is 12.1. The highest BCUT2D eigenvalue weighted by Gasteiger charge is 2.41. The van der Waals surface area contributed by atoms with Crippen molar-refractivity contribution in [2.45, 2.75) is 52.2 Å². The Hall–Kier alpha value is -0.410. The van der Waals surface area contributed by atoms with Crippen LogP contribution in [0.2, 0.25) is 0 Å². The molecule has 0 spiro atoms. The minimum absolute atomic E-state index is 0.159. The Balaban J connectivity index is 1.88. The Morgan fingerprint density at radius 1 is 1.25 bits per heavy atom. The Morgan fingerprint density at radius 2 is 1.88 bits per heavy atom. The van der Waals surface area contributed by atoms with Crippen molar-refractivity contribution in [2.24, 2.45) is 11.3 Å². The van der Waals surface area contributed by atoms with Crippen LogP contribution < -0.4 is 0 Å². The SMILES string of the molecule is CC1(CCC2CC(=O)CC2(C)C)OCCO1. The number of Topliss-reactive ketones (excluding diaryl/α,β-unsaturated/α-hetero) is 1. The molecular formula is C13H22O3. The second-order valence-corrected chi connectivity index (χ2v) is 5.97. The maximum absolute atomic E-state index is 11.5. The summed E-state index contributed by atoms with van der Waals surface area (Å²) in [6.45, 7) is 7.79. The summed E-state index contributed by atoms with van der Waals surface area (Å²) in [5.41, 5.74) is 0.159. The molecule has 0 amide bonds. The van der Waals surface area contributed by atoms with E-state index in [4.69, 9.17) is 9.47 Å². The van der Waals surface area contributed by atoms with Crippen LogP contribution in [0, 0.1) is 11.3 Å². The highest BCUT2D eigenvalue weighted by molar-refractivity contribution is 5.81. The van der Waals surface area contributed by atoms with Crippen LogP contribution in [-0.2, 0) is 14.3 Å². The fourth-order valence-electron chi connectivity index (χ4n) is 2.91. The molecule has 2 fully saturated rings. The standard InChI is InChI=1S/C13H22O3/c1-12(2)9-11(14)8-10(12)4-5-13(3)15-6-7-16-13/h10H,4-9H2,1-3H3. The van der Waals surface area contributed by atoms with E-state index in [1.165, 1.54) is 0 Å². The topological polar surface area (TPSA) is 35.5 Å². The van der Waals surface area contributed by atoms with E-state index in [1.807, 2.05) is 6.92 Å². The summed E-state index contributed by atoms with van der Waals surface area (Å²) >= 11 is 0. The molecule has 1 aliphatic heterocycles. The molecule has 0 N–H and O–H groups in total. The van der Waals surface area contributed by atoms with Crippen LogP contribution in [-0.4, -0.2) is 24.8 Å². The van der Waals surface area contributed by atoms with Gasteiger partial charge in [0.15, 0.2) is 5.79 Å². The van der Waals surface area contributed by atoms with E-state index in [9.17, 15) is 4.79 Å². The van der Waals surface area contributed by atoms with Crippen LogP contribution >= 0.6 is 0 Å². The van der Waals surface area contributed by atoms with Gasteiger partial charge in [0.1, 0.15) is 5.78 Å². The Kier molecular flexibility index (Phi) is 3.10. The number of carbonyl (C=O) groups excluding carboxylic acids is 1. The predicted molar refractivity (Wildman–Crippen MR) is 61.1 cm³/mol. The van der Waals surface area contributed by atoms with Crippen LogP contribution in [0.25, 0.3) is 0 Å². The monoisotopic (exact) mass is 226 g/mol. The van der Waals surface area contributed by atoms with Gasteiger partial charge in [0.25, 0.3) is 0 Å². The van der Waals surface area contributed by atoms with Gasteiger partial charge in [0, 0.05) is 19.3 Å². The fraction of sp³-hybridized carbons (Fsp3) is 0.923. The lowest BCUT2D eigenvalue weighted by Gasteiger charge is -2.29. The molecule has 92 valence electrons. The van der Waals surface area contributed by atoms with E-state index in [1.54, 1.807) is 0 Å². The summed E-state index contributed by atoms with van der Waals surface area (Å²) < 4.78 is 11.2. The quantitative estimate of drug-likeness (QED) is 0.742. The number of rotatable bonds is 3. The fourth-order valence-corrected chi connectivity index (χ4v) is 2.91. The minimum Gasteiger partial charge on any atom is -0.348 e. The van der Waals surface area contributed by atoms with E-state index in [0.29, 0.717) is 24.9 Å². The molecule has 0 aromatic rings. The highest BCUT2D eigenvalue weighted by Crippen LogP contribution is 2.44. The molecule has 0 aromatic carbocycles. The molecule has 2 rings (SSSR count). The first-order chi connectivity index (χ1) is 7.41. The summed E-state index contributed by atoms with van der Waals surface area (Å²) in [7, 11) is 0. The molecule has 1 heterocycles. The molecule has 3 nitrogen and oxygen atoms in total. The van der Waals surface area contributed by atoms with Crippen LogP contribution in [0.5, 0.6) is 0 Å². The van der Waals surface area contributed by atoms with Gasteiger partial charge < -0.3 is 9.47 Å². The maximum Gasteiger partial charge on any atom is 0.165 e. The molecule has 0 aromatic heterocycles.